The third kappa shape index (κ3) is 3.55. The molecule has 1 saturated carbocycles. The van der Waals surface area contributed by atoms with Gasteiger partial charge in [-0.3, -0.25) is 4.79 Å². The average molecular weight is 341 g/mol. The fourth-order valence-corrected chi connectivity index (χ4v) is 2.98. The van der Waals surface area contributed by atoms with E-state index in [4.69, 9.17) is 0 Å². The molecule has 0 bridgehead atoms. The lowest BCUT2D eigenvalue weighted by Gasteiger charge is -2.36. The van der Waals surface area contributed by atoms with E-state index in [0.717, 1.165) is 12.8 Å². The van der Waals surface area contributed by atoms with Crippen LogP contribution in [0.4, 0.5) is 15.9 Å². The number of piperazine rings is 1. The number of hydrogen-bond acceptors (Lipinski definition) is 5. The van der Waals surface area contributed by atoms with Gasteiger partial charge in [0, 0.05) is 32.2 Å². The van der Waals surface area contributed by atoms with Crippen molar-refractivity contribution in [1.82, 2.24) is 15.1 Å². The topological polar surface area (TPSA) is 61.4 Å². The molecule has 25 heavy (non-hydrogen) atoms. The van der Waals surface area contributed by atoms with E-state index in [9.17, 15) is 9.18 Å². The number of hydrogen-bond donors (Lipinski definition) is 1. The molecule has 2 heterocycles. The van der Waals surface area contributed by atoms with Crippen molar-refractivity contribution in [3.8, 4) is 0 Å². The highest BCUT2D eigenvalue weighted by Crippen LogP contribution is 2.23. The van der Waals surface area contributed by atoms with E-state index in [2.05, 4.69) is 15.5 Å². The van der Waals surface area contributed by atoms with Crippen molar-refractivity contribution in [2.75, 3.05) is 36.4 Å². The van der Waals surface area contributed by atoms with E-state index in [-0.39, 0.29) is 11.7 Å². The van der Waals surface area contributed by atoms with Crippen molar-refractivity contribution >= 4 is 17.4 Å². The number of aromatic nitrogens is 2. The van der Waals surface area contributed by atoms with Crippen LogP contribution in [-0.2, 0) is 0 Å². The number of benzene rings is 1. The van der Waals surface area contributed by atoms with Crippen LogP contribution in [0.3, 0.4) is 0 Å². The molecule has 7 heteroatoms. The first-order valence-corrected chi connectivity index (χ1v) is 8.60. The number of nitrogens with zero attached hydrogens (tertiary/aromatic N) is 4. The second-order valence-electron chi connectivity index (χ2n) is 6.45. The van der Waals surface area contributed by atoms with E-state index < -0.39 is 0 Å². The number of para-hydroxylation sites is 1. The molecule has 6 nitrogen and oxygen atoms in total. The summed E-state index contributed by atoms with van der Waals surface area (Å²) >= 11 is 0. The van der Waals surface area contributed by atoms with Crippen LogP contribution in [0.15, 0.2) is 36.4 Å². The van der Waals surface area contributed by atoms with Crippen LogP contribution in [0.5, 0.6) is 0 Å². The van der Waals surface area contributed by atoms with Crippen LogP contribution in [-0.4, -0.2) is 53.2 Å². The molecule has 130 valence electrons. The van der Waals surface area contributed by atoms with E-state index in [1.807, 2.05) is 11.0 Å². The zero-order valence-electron chi connectivity index (χ0n) is 13.9. The van der Waals surface area contributed by atoms with Gasteiger partial charge >= 0.3 is 0 Å². The van der Waals surface area contributed by atoms with Crippen molar-refractivity contribution in [1.29, 1.82) is 0 Å². The minimum Gasteiger partial charge on any atom is -0.366 e. The van der Waals surface area contributed by atoms with Crippen LogP contribution >= 0.6 is 0 Å². The highest BCUT2D eigenvalue weighted by molar-refractivity contribution is 5.92. The van der Waals surface area contributed by atoms with Gasteiger partial charge in [0.1, 0.15) is 11.6 Å². The lowest BCUT2D eigenvalue weighted by atomic mass is 10.2. The van der Waals surface area contributed by atoms with E-state index in [0.29, 0.717) is 49.4 Å². The minimum atomic E-state index is -0.230. The fourth-order valence-electron chi connectivity index (χ4n) is 2.98. The van der Waals surface area contributed by atoms with Gasteiger partial charge < -0.3 is 15.1 Å². The summed E-state index contributed by atoms with van der Waals surface area (Å²) in [5.74, 6) is 0.356. The summed E-state index contributed by atoms with van der Waals surface area (Å²) in [6.45, 7) is 2.27. The van der Waals surface area contributed by atoms with Gasteiger partial charge in [0.05, 0.1) is 5.69 Å². The third-order valence-electron chi connectivity index (χ3n) is 4.57. The molecule has 2 aliphatic rings. The number of anilines is 2. The molecule has 1 N–H and O–H groups in total. The largest absolute Gasteiger partial charge is 0.366 e. The van der Waals surface area contributed by atoms with Crippen molar-refractivity contribution < 1.29 is 9.18 Å². The van der Waals surface area contributed by atoms with Crippen molar-refractivity contribution in [3.63, 3.8) is 0 Å². The Kier molecular flexibility index (Phi) is 4.21. The second-order valence-corrected chi connectivity index (χ2v) is 6.45. The number of amides is 1. The molecule has 1 saturated heterocycles. The summed E-state index contributed by atoms with van der Waals surface area (Å²) in [6, 6.07) is 10.7. The van der Waals surface area contributed by atoms with Crippen molar-refractivity contribution in [2.45, 2.75) is 18.9 Å². The highest BCUT2D eigenvalue weighted by atomic mass is 19.1. The van der Waals surface area contributed by atoms with Crippen LogP contribution in [0, 0.1) is 5.82 Å². The summed E-state index contributed by atoms with van der Waals surface area (Å²) in [5.41, 5.74) is 0.936. The normalized spacial score (nSPS) is 17.5. The summed E-state index contributed by atoms with van der Waals surface area (Å²) in [4.78, 5) is 16.3. The number of rotatable bonds is 4. The zero-order valence-corrected chi connectivity index (χ0v) is 13.9. The Morgan fingerprint density at radius 1 is 1.04 bits per heavy atom. The van der Waals surface area contributed by atoms with E-state index in [1.54, 1.807) is 29.2 Å². The molecule has 0 unspecified atom stereocenters. The monoisotopic (exact) mass is 341 g/mol. The number of carbonyl (C=O) groups is 1. The maximum Gasteiger partial charge on any atom is 0.274 e. The summed E-state index contributed by atoms with van der Waals surface area (Å²) in [7, 11) is 0. The van der Waals surface area contributed by atoms with Crippen LogP contribution < -0.4 is 10.2 Å². The van der Waals surface area contributed by atoms with Crippen molar-refractivity contribution in [3.05, 3.63) is 47.9 Å². The molecule has 0 atom stereocenters. The molecule has 2 aromatic rings. The summed E-state index contributed by atoms with van der Waals surface area (Å²) in [5, 5.41) is 11.4. The quantitative estimate of drug-likeness (QED) is 0.923. The molecule has 0 spiro atoms. The van der Waals surface area contributed by atoms with Crippen LogP contribution in [0.25, 0.3) is 0 Å². The Bertz CT molecular complexity index is 754. The van der Waals surface area contributed by atoms with Crippen molar-refractivity contribution in [2.24, 2.45) is 0 Å². The molecule has 1 aromatic carbocycles. The third-order valence-corrected chi connectivity index (χ3v) is 4.57. The van der Waals surface area contributed by atoms with Crippen LogP contribution in [0.1, 0.15) is 23.3 Å². The maximum absolute atomic E-state index is 13.9. The highest BCUT2D eigenvalue weighted by Gasteiger charge is 2.25. The smallest absolute Gasteiger partial charge is 0.274 e. The average Bonchev–Trinajstić information content (AvgIpc) is 3.46. The Balaban J connectivity index is 1.36. The molecule has 1 aliphatic carbocycles. The Morgan fingerprint density at radius 3 is 2.44 bits per heavy atom. The van der Waals surface area contributed by atoms with Gasteiger partial charge in [0.15, 0.2) is 5.69 Å². The van der Waals surface area contributed by atoms with E-state index >= 15 is 0 Å². The van der Waals surface area contributed by atoms with Gasteiger partial charge in [0.2, 0.25) is 0 Å². The number of halogens is 1. The van der Waals surface area contributed by atoms with Gasteiger partial charge in [-0.05, 0) is 37.1 Å². The number of nitrogens with one attached hydrogen (secondary N) is 1. The van der Waals surface area contributed by atoms with Gasteiger partial charge in [-0.2, -0.15) is 0 Å². The predicted molar refractivity (Wildman–Crippen MR) is 93.2 cm³/mol. The fraction of sp³-hybridized carbons (Fsp3) is 0.389. The summed E-state index contributed by atoms with van der Waals surface area (Å²) < 4.78 is 13.9. The SMILES string of the molecule is O=C(c1ccc(NC2CC2)nn1)N1CCN(c2ccccc2F)CC1. The predicted octanol–water partition coefficient (Wildman–Crippen LogP) is 2.15. The first-order chi connectivity index (χ1) is 12.2. The lowest BCUT2D eigenvalue weighted by molar-refractivity contribution is 0.0739. The molecule has 4 rings (SSSR count). The molecule has 1 aromatic heterocycles. The Labute approximate surface area is 145 Å². The lowest BCUT2D eigenvalue weighted by Crippen LogP contribution is -2.49. The molecular weight excluding hydrogens is 321 g/mol. The van der Waals surface area contributed by atoms with Crippen LogP contribution in [0.2, 0.25) is 0 Å². The second kappa shape index (κ2) is 6.66. The summed E-state index contributed by atoms with van der Waals surface area (Å²) in [6.07, 6.45) is 2.32. The molecular formula is C18H20FN5O. The minimum absolute atomic E-state index is 0.126. The Morgan fingerprint density at radius 2 is 1.80 bits per heavy atom. The maximum atomic E-state index is 13.9. The standard InChI is InChI=1S/C18H20FN5O/c19-14-3-1-2-4-16(14)23-9-11-24(12-10-23)18(25)15-7-8-17(22-21-15)20-13-5-6-13/h1-4,7-8,13H,5-6,9-12H2,(H,20,22). The first-order valence-electron chi connectivity index (χ1n) is 8.60. The number of carbonyl (C=O) groups excluding carboxylic acids is 1. The first kappa shape index (κ1) is 15.8. The molecule has 1 aliphatic heterocycles. The zero-order chi connectivity index (χ0) is 17.2. The molecule has 2 fully saturated rings. The van der Waals surface area contributed by atoms with E-state index in [1.165, 1.54) is 6.07 Å². The van der Waals surface area contributed by atoms with Gasteiger partial charge in [-0.1, -0.05) is 12.1 Å². The van der Waals surface area contributed by atoms with Gasteiger partial charge in [-0.15, -0.1) is 10.2 Å². The Hall–Kier alpha value is -2.70. The molecule has 1 amide bonds. The molecule has 0 radical (unpaired) electrons. The van der Waals surface area contributed by atoms with Gasteiger partial charge in [0.25, 0.3) is 5.91 Å². The van der Waals surface area contributed by atoms with Gasteiger partial charge in [-0.25, -0.2) is 4.39 Å².